The highest BCUT2D eigenvalue weighted by Crippen LogP contribution is 2.43. The largest absolute Gasteiger partial charge is 0.393 e. The van der Waals surface area contributed by atoms with Gasteiger partial charge in [-0.1, -0.05) is 44.4 Å². The van der Waals surface area contributed by atoms with Crippen LogP contribution in [0.3, 0.4) is 0 Å². The molecule has 2 aliphatic rings. The zero-order valence-corrected chi connectivity index (χ0v) is 20.4. The first-order chi connectivity index (χ1) is 15.3. The van der Waals surface area contributed by atoms with Crippen LogP contribution >= 0.6 is 0 Å². The van der Waals surface area contributed by atoms with E-state index in [4.69, 9.17) is 0 Å². The molecular formula is C27H41N3O2. The standard InChI is InChI=1S/C27H41N3O2/c1-5-23-18-24(15-17-27(23,2)16-7-9-21-8-6-10-25(21)31)28-29-26(32)22-13-11-20(12-14-22)19-30(3)4/h11-14,18,21,25,31H,5-10,15-17,19H2,1-4H3,(H,29,32). The van der Waals surface area contributed by atoms with Gasteiger partial charge in [0.15, 0.2) is 0 Å². The topological polar surface area (TPSA) is 64.9 Å². The highest BCUT2D eigenvalue weighted by Gasteiger charge is 2.32. The summed E-state index contributed by atoms with van der Waals surface area (Å²) in [6.07, 6.45) is 11.9. The van der Waals surface area contributed by atoms with Crippen molar-refractivity contribution in [3.05, 3.63) is 47.0 Å². The van der Waals surface area contributed by atoms with E-state index in [1.165, 1.54) is 30.4 Å². The van der Waals surface area contributed by atoms with Gasteiger partial charge in [0.25, 0.3) is 5.91 Å². The molecule has 0 bridgehead atoms. The highest BCUT2D eigenvalue weighted by atomic mass is 16.3. The molecule has 0 radical (unpaired) electrons. The molecule has 2 aliphatic carbocycles. The van der Waals surface area contributed by atoms with Crippen molar-refractivity contribution in [1.29, 1.82) is 0 Å². The number of hydrogen-bond acceptors (Lipinski definition) is 4. The summed E-state index contributed by atoms with van der Waals surface area (Å²) in [5.74, 6) is 0.337. The number of carbonyl (C=O) groups is 1. The van der Waals surface area contributed by atoms with E-state index in [9.17, 15) is 9.90 Å². The summed E-state index contributed by atoms with van der Waals surface area (Å²) in [6, 6.07) is 7.71. The number of hydrazone groups is 1. The van der Waals surface area contributed by atoms with E-state index in [-0.39, 0.29) is 17.4 Å². The zero-order chi connectivity index (χ0) is 23.1. The summed E-state index contributed by atoms with van der Waals surface area (Å²) in [7, 11) is 4.06. The van der Waals surface area contributed by atoms with Gasteiger partial charge in [-0.15, -0.1) is 0 Å². The third kappa shape index (κ3) is 6.52. The molecule has 5 heteroatoms. The van der Waals surface area contributed by atoms with Crippen LogP contribution in [-0.4, -0.2) is 41.8 Å². The van der Waals surface area contributed by atoms with E-state index in [0.29, 0.717) is 11.5 Å². The fourth-order valence-corrected chi connectivity index (χ4v) is 5.34. The maximum atomic E-state index is 12.5. The third-order valence-electron chi connectivity index (χ3n) is 7.37. The van der Waals surface area contributed by atoms with E-state index < -0.39 is 0 Å². The molecule has 3 rings (SSSR count). The lowest BCUT2D eigenvalue weighted by Crippen LogP contribution is -2.27. The van der Waals surface area contributed by atoms with Crippen LogP contribution in [-0.2, 0) is 6.54 Å². The van der Waals surface area contributed by atoms with E-state index >= 15 is 0 Å². The van der Waals surface area contributed by atoms with E-state index in [1.807, 2.05) is 38.4 Å². The van der Waals surface area contributed by atoms with Crippen LogP contribution in [0.4, 0.5) is 0 Å². The van der Waals surface area contributed by atoms with Crippen LogP contribution in [0.5, 0.6) is 0 Å². The molecule has 0 saturated heterocycles. The number of aliphatic hydroxyl groups excluding tert-OH is 1. The Morgan fingerprint density at radius 3 is 2.62 bits per heavy atom. The van der Waals surface area contributed by atoms with Gasteiger partial charge < -0.3 is 10.0 Å². The maximum absolute atomic E-state index is 12.5. The summed E-state index contributed by atoms with van der Waals surface area (Å²) in [5, 5.41) is 14.5. The molecule has 0 spiro atoms. The number of benzene rings is 1. The lowest BCUT2D eigenvalue weighted by molar-refractivity contribution is 0.0954. The van der Waals surface area contributed by atoms with Crippen molar-refractivity contribution in [2.45, 2.75) is 84.3 Å². The molecule has 2 N–H and O–H groups in total. The highest BCUT2D eigenvalue weighted by molar-refractivity contribution is 5.99. The Morgan fingerprint density at radius 1 is 1.25 bits per heavy atom. The first kappa shape index (κ1) is 24.7. The molecule has 1 aromatic rings. The Morgan fingerprint density at radius 2 is 2.00 bits per heavy atom. The smallest absolute Gasteiger partial charge is 0.271 e. The predicted molar refractivity (Wildman–Crippen MR) is 132 cm³/mol. The Hall–Kier alpha value is -1.98. The van der Waals surface area contributed by atoms with Crippen molar-refractivity contribution in [2.24, 2.45) is 16.4 Å². The van der Waals surface area contributed by atoms with Gasteiger partial charge >= 0.3 is 0 Å². The fourth-order valence-electron chi connectivity index (χ4n) is 5.34. The number of amides is 1. The van der Waals surface area contributed by atoms with Gasteiger partial charge in [0, 0.05) is 12.1 Å². The predicted octanol–water partition coefficient (Wildman–Crippen LogP) is 5.30. The van der Waals surface area contributed by atoms with Crippen molar-refractivity contribution < 1.29 is 9.90 Å². The van der Waals surface area contributed by atoms with Gasteiger partial charge in [-0.2, -0.15) is 5.10 Å². The minimum Gasteiger partial charge on any atom is -0.393 e. The van der Waals surface area contributed by atoms with Crippen molar-refractivity contribution in [3.63, 3.8) is 0 Å². The number of rotatable bonds is 9. The first-order valence-electron chi connectivity index (χ1n) is 12.3. The molecular weight excluding hydrogens is 398 g/mol. The van der Waals surface area contributed by atoms with E-state index in [0.717, 1.165) is 50.8 Å². The van der Waals surface area contributed by atoms with Crippen molar-refractivity contribution in [2.75, 3.05) is 14.1 Å². The van der Waals surface area contributed by atoms with Crippen LogP contribution in [0.1, 0.15) is 87.6 Å². The molecule has 0 heterocycles. The van der Waals surface area contributed by atoms with E-state index in [1.54, 1.807) is 0 Å². The summed E-state index contributed by atoms with van der Waals surface area (Å²) in [5.41, 5.74) is 7.15. The normalized spacial score (nSPS) is 27.1. The maximum Gasteiger partial charge on any atom is 0.271 e. The monoisotopic (exact) mass is 439 g/mol. The second-order valence-corrected chi connectivity index (χ2v) is 10.2. The Bertz CT molecular complexity index is 828. The lowest BCUT2D eigenvalue weighted by atomic mass is 9.69. The first-order valence-corrected chi connectivity index (χ1v) is 12.3. The number of nitrogens with one attached hydrogen (secondary N) is 1. The van der Waals surface area contributed by atoms with Gasteiger partial charge in [0.05, 0.1) is 11.8 Å². The Balaban J connectivity index is 1.56. The lowest BCUT2D eigenvalue weighted by Gasteiger charge is -2.36. The fraction of sp³-hybridized carbons (Fsp3) is 0.630. The minimum atomic E-state index is -0.163. The molecule has 1 saturated carbocycles. The minimum absolute atomic E-state index is 0.0816. The zero-order valence-electron chi connectivity index (χ0n) is 20.4. The molecule has 32 heavy (non-hydrogen) atoms. The molecule has 0 aliphatic heterocycles. The van der Waals surface area contributed by atoms with Gasteiger partial charge in [-0.05, 0) is 94.1 Å². The van der Waals surface area contributed by atoms with E-state index in [2.05, 4.69) is 35.4 Å². The molecule has 176 valence electrons. The number of nitrogens with zero attached hydrogens (tertiary/aromatic N) is 2. The van der Waals surface area contributed by atoms with Crippen LogP contribution < -0.4 is 5.43 Å². The number of aliphatic hydroxyl groups is 1. The number of allylic oxidation sites excluding steroid dienone is 2. The Kier molecular flexibility index (Phi) is 8.66. The second kappa shape index (κ2) is 11.2. The average molecular weight is 440 g/mol. The van der Waals surface area contributed by atoms with Crippen LogP contribution in [0.15, 0.2) is 41.0 Å². The van der Waals surface area contributed by atoms with Crippen molar-refractivity contribution >= 4 is 11.6 Å². The van der Waals surface area contributed by atoms with Crippen LogP contribution in [0, 0.1) is 11.3 Å². The van der Waals surface area contributed by atoms with Gasteiger partial charge in [-0.3, -0.25) is 4.79 Å². The molecule has 1 amide bonds. The average Bonchev–Trinajstić information content (AvgIpc) is 3.17. The quantitative estimate of drug-likeness (QED) is 0.513. The van der Waals surface area contributed by atoms with Crippen molar-refractivity contribution in [1.82, 2.24) is 10.3 Å². The summed E-state index contributed by atoms with van der Waals surface area (Å²) >= 11 is 0. The van der Waals surface area contributed by atoms with Gasteiger partial charge in [0.2, 0.25) is 0 Å². The molecule has 3 atom stereocenters. The summed E-state index contributed by atoms with van der Waals surface area (Å²) in [4.78, 5) is 14.6. The van der Waals surface area contributed by atoms with Crippen LogP contribution in [0.2, 0.25) is 0 Å². The number of carbonyl (C=O) groups excluding carboxylic acids is 1. The second-order valence-electron chi connectivity index (χ2n) is 10.2. The third-order valence-corrected chi connectivity index (χ3v) is 7.37. The summed E-state index contributed by atoms with van der Waals surface area (Å²) in [6.45, 7) is 5.44. The van der Waals surface area contributed by atoms with Gasteiger partial charge in [0.1, 0.15) is 0 Å². The molecule has 5 nitrogen and oxygen atoms in total. The van der Waals surface area contributed by atoms with Crippen molar-refractivity contribution in [3.8, 4) is 0 Å². The molecule has 3 unspecified atom stereocenters. The Labute approximate surface area is 194 Å². The summed E-state index contributed by atoms with van der Waals surface area (Å²) < 4.78 is 0. The van der Waals surface area contributed by atoms with Gasteiger partial charge in [-0.25, -0.2) is 5.43 Å². The molecule has 1 fully saturated rings. The number of hydrogen-bond donors (Lipinski definition) is 2. The molecule has 1 aromatic carbocycles. The molecule has 0 aromatic heterocycles. The van der Waals surface area contributed by atoms with Crippen LogP contribution in [0.25, 0.3) is 0 Å². The SMILES string of the molecule is CCC1=CC(=NNC(=O)c2ccc(CN(C)C)cc2)CCC1(C)CCCC1CCCC1O.